The summed E-state index contributed by atoms with van der Waals surface area (Å²) in [6.07, 6.45) is -13.6. The number of ether oxygens (including phenoxy) is 9. The molecule has 10 aliphatic rings. The molecule has 41 heteroatoms. The summed E-state index contributed by atoms with van der Waals surface area (Å²) in [5.41, 5.74) is -4.25. The van der Waals surface area contributed by atoms with E-state index in [9.17, 15) is 60.0 Å². The summed E-state index contributed by atoms with van der Waals surface area (Å²) in [6, 6.07) is 4.04. The highest BCUT2D eigenvalue weighted by Crippen LogP contribution is 2.55. The topological polar surface area (TPSA) is 559 Å². The van der Waals surface area contributed by atoms with E-state index in [1.807, 2.05) is 0 Å². The quantitative estimate of drug-likeness (QED) is 0.0312. The molecule has 5 fully saturated rings. The lowest BCUT2D eigenvalue weighted by Crippen LogP contribution is -2.61. The van der Waals surface area contributed by atoms with Crippen molar-refractivity contribution in [2.45, 2.75) is 210 Å². The fourth-order valence-electron chi connectivity index (χ4n) is 18.4. The monoisotopic (exact) mass is 1910 g/mol. The molecule has 4 aliphatic carbocycles. The van der Waals surface area contributed by atoms with Crippen molar-refractivity contribution in [1.29, 1.82) is 0 Å². The molecular weight excluding hydrogens is 1790 g/mol. The zero-order chi connectivity index (χ0) is 98.4. The lowest BCUT2D eigenvalue weighted by Gasteiger charge is -2.54. The van der Waals surface area contributed by atoms with Gasteiger partial charge in [0.1, 0.15) is 131 Å². The molecule has 14 atom stereocenters. The molecule has 18 N–H and O–H groups in total. The number of carbonyl (C=O) groups excluding carboxylic acids is 11. The van der Waals surface area contributed by atoms with E-state index >= 15 is 33.6 Å². The van der Waals surface area contributed by atoms with Crippen LogP contribution in [-0.2, 0) is 62.0 Å². The number of aromatic hydroxyl groups is 3. The van der Waals surface area contributed by atoms with Crippen LogP contribution < -0.4 is 72.1 Å². The number of rotatable bonds is 24. The van der Waals surface area contributed by atoms with Crippen LogP contribution in [0, 0.1) is 36.5 Å². The number of fused-ring (bicyclic) bond motifs is 15. The number of nitrogens with zero attached hydrogens (tertiary/aromatic N) is 2. The second-order valence-electron chi connectivity index (χ2n) is 37.8. The number of nitrogens with one attached hydrogen (secondary N) is 10. The third kappa shape index (κ3) is 24.3. The average Bonchev–Trinajstić information content (AvgIpc) is 0.757. The maximum Gasteiger partial charge on any atom is 0.410 e. The highest BCUT2D eigenvalue weighted by Gasteiger charge is 2.52. The number of benzene rings is 6. The first-order valence-corrected chi connectivity index (χ1v) is 45.4. The Balaban J connectivity index is 0.971. The van der Waals surface area contributed by atoms with Crippen LogP contribution in [0.15, 0.2) is 103 Å². The van der Waals surface area contributed by atoms with Gasteiger partial charge in [-0.15, -0.1) is 0 Å². The minimum Gasteiger partial charge on any atom is -0.508 e. The Morgan fingerprint density at radius 3 is 1.83 bits per heavy atom. The van der Waals surface area contributed by atoms with Gasteiger partial charge in [-0.1, -0.05) is 43.6 Å². The molecule has 6 aliphatic heterocycles. The number of anilines is 1. The molecule has 1 unspecified atom stereocenters. The fraction of sp³-hybridized carbons (Fsp3) is 0.505. The molecule has 16 rings (SSSR count). The van der Waals surface area contributed by atoms with Gasteiger partial charge in [-0.05, 0) is 229 Å². The Hall–Kier alpha value is -12.4. The van der Waals surface area contributed by atoms with Crippen molar-refractivity contribution in [3.63, 3.8) is 0 Å². The van der Waals surface area contributed by atoms with Crippen LogP contribution in [0.2, 0.25) is 5.02 Å². The Labute approximate surface area is 789 Å². The van der Waals surface area contributed by atoms with Gasteiger partial charge in [0.2, 0.25) is 59.3 Å². The molecule has 40 nitrogen and oxygen atoms in total. The Morgan fingerprint density at radius 2 is 1.21 bits per heavy atom. The first-order valence-electron chi connectivity index (χ1n) is 45.0. The van der Waals surface area contributed by atoms with E-state index < -0.39 is 237 Å². The van der Waals surface area contributed by atoms with Crippen molar-refractivity contribution < 1.29 is 136 Å². The molecule has 136 heavy (non-hydrogen) atoms. The number of likely N-dealkylation sites (N-methyl/N-ethyl adjacent to an activating group) is 1. The Kier molecular flexibility index (Phi) is 31.9. The van der Waals surface area contributed by atoms with Crippen LogP contribution in [0.4, 0.5) is 20.1 Å². The third-order valence-electron chi connectivity index (χ3n) is 24.9. The summed E-state index contributed by atoms with van der Waals surface area (Å²) in [4.78, 5) is 171. The van der Waals surface area contributed by atoms with Gasteiger partial charge in [0, 0.05) is 76.4 Å². The number of hydrogen-bond donors (Lipinski definition) is 18. The Bertz CT molecular complexity index is 5430. The second kappa shape index (κ2) is 42.9. The summed E-state index contributed by atoms with van der Waals surface area (Å²) in [5, 5.41) is 122. The molecule has 0 aromatic heterocycles. The fourth-order valence-corrected chi connectivity index (χ4v) is 18.6. The molecule has 1 saturated heterocycles. The number of aliphatic hydroxyl groups is 5. The van der Waals surface area contributed by atoms with Gasteiger partial charge in [0.05, 0.1) is 24.7 Å². The van der Waals surface area contributed by atoms with E-state index in [0.29, 0.717) is 50.4 Å². The van der Waals surface area contributed by atoms with E-state index in [-0.39, 0.29) is 75.6 Å². The molecule has 0 spiro atoms. The first-order chi connectivity index (χ1) is 64.4. The number of phenols is 3. The zero-order valence-corrected chi connectivity index (χ0v) is 78.0. The normalized spacial score (nSPS) is 25.5. The number of imide groups is 1. The van der Waals surface area contributed by atoms with Crippen molar-refractivity contribution in [3.05, 3.63) is 142 Å². The molecule has 12 amide bonds. The molecule has 6 heterocycles. The molecule has 6 aromatic carbocycles. The van der Waals surface area contributed by atoms with Gasteiger partial charge in [0.25, 0.3) is 0 Å². The second-order valence-corrected chi connectivity index (χ2v) is 38.2. The molecule has 6 aromatic rings. The van der Waals surface area contributed by atoms with Gasteiger partial charge in [-0.2, -0.15) is 0 Å². The van der Waals surface area contributed by atoms with Crippen LogP contribution in [0.5, 0.6) is 51.7 Å². The number of halogens is 1. The molecule has 0 radical (unpaired) electrons. The molecule has 4 saturated carbocycles. The minimum absolute atomic E-state index is 0.0420. The first kappa shape index (κ1) is 101. The van der Waals surface area contributed by atoms with Crippen molar-refractivity contribution >= 4 is 82.8 Å². The number of aryl methyl sites for hydroxylation is 1. The number of aliphatic hydroxyl groups excluding tert-OH is 5. The standard InChI is InChI=1S/C95H119ClN12O28/c1-44(2)29-61(107(10)93(127)136-95(7,8)9)84(119)105-75-77(113)49-14-21-64(45(3)30-49)131-66-38-53-39-67(82(66)134-90-81(117)80(116)79(115)68(133-90)43-97-92(126)135-94(4,5)6)132-65-22-15-50(37-59(65)96)78(114)76-89(124)104-74(87(122)101-71-51-32-46-31-47(34-51)35-52(71)33-46)58-40-55(109)41-63(111)70(58)57-36-48(13-20-62(57)110)72(85(120)106-76)103-86(121)73(53)102-83(118)60(99-88(75)123)42-69(112)100-91(125)98-54-16-18-56(19-17-54)130-28-25-108(23-26-128-11)24-27-129-12/h13-22,30,36-41,44,46-47,51-52,60-61,68,71-81,90,109-111,113-117H,23-29,31-35,42-43H2,1-12H3,(H,97,126)(H,99,123)(H,101,122)(H,102,118)(H,103,121)(H,104,124)(H,105,119)(H,106,120)(H2,98,100,112,125)/t46?,47?,51?,52?,60-,61+,68+,71?,72+,73?,74-,75+,76-,77+,78+,79+,80-,81+,90-/m0/s1. The van der Waals surface area contributed by atoms with Gasteiger partial charge in [-0.25, -0.2) is 14.4 Å². The SMILES string of the molecule is COCCN(CCOC)CCOc1ccc(NC(=O)NC(=O)C[C@@H]2NC(=O)[C@H](NC(=O)[C@@H](CC(C)C)N(C)C(=O)OC(C)(C)C)[C@H](O)c3ccc(c(C)c3)Oc3cc4cc(c3O[C@@H]3O[C@H](CNC(=O)OC(C)(C)C)[C@@H](O)[C@H](O)[C@H]3O)Oc3ccc(cc3Cl)[C@@H](O)[C@@H]3NC(=O)[C@H](NC(=O)C4NC2=O)c2ccc(O)c(c2)-c2c(O)cc(O)cc2[C@@H](C(=O)NC2C4CC5CC(C4)CC2C5)NC3=O)cc1. The van der Waals surface area contributed by atoms with Gasteiger partial charge >= 0.3 is 18.2 Å². The number of alkyl carbamates (subject to hydrolysis) is 1. The van der Waals surface area contributed by atoms with E-state index in [2.05, 4.69) is 58.1 Å². The maximum absolute atomic E-state index is 16.7. The predicted octanol–water partition coefficient (Wildman–Crippen LogP) is 6.40. The summed E-state index contributed by atoms with van der Waals surface area (Å²) in [6.45, 7) is 16.7. The average molecular weight is 1910 g/mol. The number of urea groups is 1. The van der Waals surface area contributed by atoms with Crippen molar-refractivity contribution in [1.82, 2.24) is 57.7 Å². The largest absolute Gasteiger partial charge is 0.508 e. The lowest BCUT2D eigenvalue weighted by atomic mass is 9.54. The minimum atomic E-state index is -2.45. The van der Waals surface area contributed by atoms with Crippen LogP contribution in [0.1, 0.15) is 164 Å². The zero-order valence-electron chi connectivity index (χ0n) is 77.3. The highest BCUT2D eigenvalue weighted by atomic mass is 35.5. The van der Waals surface area contributed by atoms with Crippen LogP contribution in [0.25, 0.3) is 11.1 Å². The summed E-state index contributed by atoms with van der Waals surface area (Å²) >= 11 is 7.28. The predicted molar refractivity (Wildman–Crippen MR) is 486 cm³/mol. The number of phenolic OH excluding ortho intramolecular Hbond substituents is 3. The lowest BCUT2D eigenvalue weighted by molar-refractivity contribution is -0.270. The maximum atomic E-state index is 16.7. The van der Waals surface area contributed by atoms with E-state index in [1.165, 1.54) is 68.6 Å². The van der Waals surface area contributed by atoms with Crippen LogP contribution >= 0.6 is 11.6 Å². The van der Waals surface area contributed by atoms with E-state index in [1.54, 1.807) is 69.6 Å². The molecule has 734 valence electrons. The summed E-state index contributed by atoms with van der Waals surface area (Å²) in [5.74, 6) is -14.0. The number of carbonyl (C=O) groups is 11. The smallest absolute Gasteiger partial charge is 0.410 e. The Morgan fingerprint density at radius 1 is 0.603 bits per heavy atom. The highest BCUT2D eigenvalue weighted by molar-refractivity contribution is 6.32. The van der Waals surface area contributed by atoms with Gasteiger partial charge in [0.15, 0.2) is 11.5 Å². The van der Waals surface area contributed by atoms with E-state index in [4.69, 9.17) is 54.2 Å². The molecule has 15 bridgehead atoms. The van der Waals surface area contributed by atoms with Crippen LogP contribution in [-0.4, -0.2) is 256 Å². The van der Waals surface area contributed by atoms with Crippen molar-refractivity contribution in [2.24, 2.45) is 29.6 Å². The summed E-state index contributed by atoms with van der Waals surface area (Å²) in [7, 11) is 4.44. The molecular formula is C95H119ClN12O28. The summed E-state index contributed by atoms with van der Waals surface area (Å²) < 4.78 is 54.0. The third-order valence-corrected chi connectivity index (χ3v) is 25.2. The van der Waals surface area contributed by atoms with Crippen molar-refractivity contribution in [3.8, 4) is 62.9 Å². The van der Waals surface area contributed by atoms with Crippen LogP contribution in [0.3, 0.4) is 0 Å². The van der Waals surface area contributed by atoms with Gasteiger partial charge in [-0.3, -0.25) is 53.5 Å². The number of methoxy groups -OCH3 is 2. The van der Waals surface area contributed by atoms with E-state index in [0.717, 1.165) is 85.5 Å². The van der Waals surface area contributed by atoms with Gasteiger partial charge < -0.3 is 131 Å². The number of amides is 12. The van der Waals surface area contributed by atoms with Crippen molar-refractivity contribution in [2.75, 3.05) is 72.6 Å². The number of hydrogen-bond acceptors (Lipinski definition) is 29.